The van der Waals surface area contributed by atoms with Crippen molar-refractivity contribution in [2.45, 2.75) is 54.4 Å². The quantitative estimate of drug-likeness (QED) is 0.721. The third-order valence-corrected chi connectivity index (χ3v) is 3.07. The van der Waals surface area contributed by atoms with Gasteiger partial charge in [-0.05, 0) is 30.7 Å². The number of hydrogen-bond donors (Lipinski definition) is 2. The van der Waals surface area contributed by atoms with Crippen molar-refractivity contribution in [2.24, 2.45) is 22.5 Å². The van der Waals surface area contributed by atoms with E-state index in [2.05, 4.69) is 33.0 Å². The summed E-state index contributed by atoms with van der Waals surface area (Å²) >= 11 is 0. The molecular formula is C14H30N2O. The smallest absolute Gasteiger partial charge is 0.225 e. The maximum atomic E-state index is 12.0. The molecule has 0 aromatic carbocycles. The molecule has 0 bridgehead atoms. The van der Waals surface area contributed by atoms with Gasteiger partial charge in [0.15, 0.2) is 0 Å². The zero-order chi connectivity index (χ0) is 13.7. The number of hydrogen-bond acceptors (Lipinski definition) is 2. The Morgan fingerprint density at radius 1 is 1.24 bits per heavy atom. The fourth-order valence-corrected chi connectivity index (χ4v) is 2.21. The third-order valence-electron chi connectivity index (χ3n) is 3.07. The predicted octanol–water partition coefficient (Wildman–Crippen LogP) is 2.55. The fourth-order valence-electron chi connectivity index (χ4n) is 2.21. The monoisotopic (exact) mass is 242 g/mol. The van der Waals surface area contributed by atoms with E-state index in [-0.39, 0.29) is 16.7 Å². The molecule has 0 aliphatic carbocycles. The minimum absolute atomic E-state index is 0.111. The molecule has 0 saturated heterocycles. The van der Waals surface area contributed by atoms with E-state index < -0.39 is 0 Å². The second-order valence-electron chi connectivity index (χ2n) is 6.87. The lowest BCUT2D eigenvalue weighted by molar-refractivity contribution is -0.130. The van der Waals surface area contributed by atoms with Gasteiger partial charge >= 0.3 is 0 Å². The highest BCUT2D eigenvalue weighted by atomic mass is 16.2. The number of rotatable bonds is 7. The largest absolute Gasteiger partial charge is 0.355 e. The van der Waals surface area contributed by atoms with Gasteiger partial charge in [-0.25, -0.2) is 0 Å². The summed E-state index contributed by atoms with van der Waals surface area (Å²) in [7, 11) is 0. The molecule has 0 rings (SSSR count). The maximum absolute atomic E-state index is 12.0. The van der Waals surface area contributed by atoms with E-state index >= 15 is 0 Å². The molecule has 0 aliphatic rings. The molecule has 0 aromatic rings. The van der Waals surface area contributed by atoms with Crippen LogP contribution in [0.25, 0.3) is 0 Å². The van der Waals surface area contributed by atoms with Crippen LogP contribution in [0.4, 0.5) is 0 Å². The molecule has 0 radical (unpaired) electrons. The molecule has 1 amide bonds. The van der Waals surface area contributed by atoms with Crippen molar-refractivity contribution in [1.82, 2.24) is 5.32 Å². The fraction of sp³-hybridized carbons (Fsp3) is 0.929. The molecule has 3 heteroatoms. The van der Waals surface area contributed by atoms with Gasteiger partial charge in [0.1, 0.15) is 0 Å². The third kappa shape index (κ3) is 6.67. The van der Waals surface area contributed by atoms with Crippen molar-refractivity contribution in [2.75, 3.05) is 13.1 Å². The highest BCUT2D eigenvalue weighted by Crippen LogP contribution is 2.25. The van der Waals surface area contributed by atoms with Crippen LogP contribution in [0.2, 0.25) is 0 Å². The van der Waals surface area contributed by atoms with Gasteiger partial charge in [0.25, 0.3) is 0 Å². The minimum atomic E-state index is -0.358. The molecular weight excluding hydrogens is 212 g/mol. The number of nitrogens with one attached hydrogen (secondary N) is 1. The first-order valence-corrected chi connectivity index (χ1v) is 6.59. The Labute approximate surface area is 107 Å². The highest BCUT2D eigenvalue weighted by Gasteiger charge is 2.28. The Hall–Kier alpha value is -0.570. The number of nitrogens with two attached hydrogens (primary N) is 1. The van der Waals surface area contributed by atoms with Gasteiger partial charge in [0.2, 0.25) is 5.91 Å². The summed E-state index contributed by atoms with van der Waals surface area (Å²) in [4.78, 5) is 12.0. The second kappa shape index (κ2) is 6.39. The molecule has 0 spiro atoms. The molecule has 0 unspecified atom stereocenters. The summed E-state index contributed by atoms with van der Waals surface area (Å²) in [6, 6.07) is 0. The lowest BCUT2D eigenvalue weighted by Crippen LogP contribution is -2.42. The van der Waals surface area contributed by atoms with Crippen LogP contribution in [0, 0.1) is 16.7 Å². The van der Waals surface area contributed by atoms with Crippen molar-refractivity contribution in [3.8, 4) is 0 Å². The molecule has 0 heterocycles. The van der Waals surface area contributed by atoms with Gasteiger partial charge in [0, 0.05) is 12.0 Å². The highest BCUT2D eigenvalue weighted by molar-refractivity contribution is 5.81. The Balaban J connectivity index is 4.23. The van der Waals surface area contributed by atoms with Crippen molar-refractivity contribution < 1.29 is 4.79 Å². The summed E-state index contributed by atoms with van der Waals surface area (Å²) < 4.78 is 0. The SMILES string of the molecule is CC(C)CC(C)(C)CNC(=O)C(C)(C)CCN. The van der Waals surface area contributed by atoms with E-state index in [0.717, 1.165) is 19.4 Å². The van der Waals surface area contributed by atoms with E-state index in [1.165, 1.54) is 0 Å². The first-order chi connectivity index (χ1) is 7.60. The summed E-state index contributed by atoms with van der Waals surface area (Å²) in [6.07, 6.45) is 1.84. The molecule has 0 aliphatic heterocycles. The Morgan fingerprint density at radius 3 is 2.18 bits per heavy atom. The summed E-state index contributed by atoms with van der Waals surface area (Å²) in [5.74, 6) is 0.763. The summed E-state index contributed by atoms with van der Waals surface area (Å²) in [5.41, 5.74) is 5.32. The standard InChI is InChI=1S/C14H30N2O/c1-11(2)9-13(3,4)10-16-12(17)14(5,6)7-8-15/h11H,7-10,15H2,1-6H3,(H,16,17). The Kier molecular flexibility index (Phi) is 6.17. The van der Waals surface area contributed by atoms with E-state index in [4.69, 9.17) is 5.73 Å². The molecule has 17 heavy (non-hydrogen) atoms. The first-order valence-electron chi connectivity index (χ1n) is 6.59. The maximum Gasteiger partial charge on any atom is 0.225 e. The number of carbonyl (C=O) groups is 1. The summed E-state index contributed by atoms with van der Waals surface area (Å²) in [6.45, 7) is 14.0. The lowest BCUT2D eigenvalue weighted by atomic mass is 9.83. The molecule has 3 N–H and O–H groups in total. The zero-order valence-electron chi connectivity index (χ0n) is 12.4. The van der Waals surface area contributed by atoms with Gasteiger partial charge in [0.05, 0.1) is 0 Å². The minimum Gasteiger partial charge on any atom is -0.355 e. The van der Waals surface area contributed by atoms with Crippen molar-refractivity contribution in [1.29, 1.82) is 0 Å². The molecule has 0 fully saturated rings. The molecule has 102 valence electrons. The van der Waals surface area contributed by atoms with Gasteiger partial charge < -0.3 is 11.1 Å². The average molecular weight is 242 g/mol. The molecule has 3 nitrogen and oxygen atoms in total. The van der Waals surface area contributed by atoms with Crippen LogP contribution in [-0.4, -0.2) is 19.0 Å². The lowest BCUT2D eigenvalue weighted by Gasteiger charge is -2.30. The van der Waals surface area contributed by atoms with Gasteiger partial charge in [-0.2, -0.15) is 0 Å². The molecule has 0 saturated carbocycles. The van der Waals surface area contributed by atoms with E-state index in [1.807, 2.05) is 13.8 Å². The van der Waals surface area contributed by atoms with Crippen molar-refractivity contribution in [3.05, 3.63) is 0 Å². The number of carbonyl (C=O) groups excluding carboxylic acids is 1. The Morgan fingerprint density at radius 2 is 1.76 bits per heavy atom. The van der Waals surface area contributed by atoms with Crippen LogP contribution in [0.15, 0.2) is 0 Å². The van der Waals surface area contributed by atoms with Crippen LogP contribution < -0.4 is 11.1 Å². The van der Waals surface area contributed by atoms with Gasteiger partial charge in [-0.1, -0.05) is 41.5 Å². The molecule has 0 atom stereocenters. The molecule has 0 aromatic heterocycles. The van der Waals surface area contributed by atoms with Gasteiger partial charge in [-0.3, -0.25) is 4.79 Å². The van der Waals surface area contributed by atoms with Crippen molar-refractivity contribution in [3.63, 3.8) is 0 Å². The predicted molar refractivity (Wildman–Crippen MR) is 73.7 cm³/mol. The topological polar surface area (TPSA) is 55.1 Å². The van der Waals surface area contributed by atoms with Crippen molar-refractivity contribution >= 4 is 5.91 Å². The normalized spacial score (nSPS) is 12.9. The average Bonchev–Trinajstić information content (AvgIpc) is 2.12. The van der Waals surface area contributed by atoms with Crippen LogP contribution >= 0.6 is 0 Å². The van der Waals surface area contributed by atoms with Crippen LogP contribution in [0.5, 0.6) is 0 Å². The second-order valence-corrected chi connectivity index (χ2v) is 6.87. The van der Waals surface area contributed by atoms with E-state index in [1.54, 1.807) is 0 Å². The van der Waals surface area contributed by atoms with Crippen LogP contribution in [0.1, 0.15) is 54.4 Å². The van der Waals surface area contributed by atoms with Gasteiger partial charge in [-0.15, -0.1) is 0 Å². The van der Waals surface area contributed by atoms with Crippen LogP contribution in [-0.2, 0) is 4.79 Å². The summed E-state index contributed by atoms with van der Waals surface area (Å²) in [5, 5.41) is 3.06. The van der Waals surface area contributed by atoms with E-state index in [0.29, 0.717) is 12.5 Å². The number of amides is 1. The Bertz CT molecular complexity index is 245. The van der Waals surface area contributed by atoms with E-state index in [9.17, 15) is 4.79 Å². The zero-order valence-corrected chi connectivity index (χ0v) is 12.4. The van der Waals surface area contributed by atoms with Crippen LogP contribution in [0.3, 0.4) is 0 Å². The first kappa shape index (κ1) is 16.4.